The van der Waals surface area contributed by atoms with E-state index in [1.54, 1.807) is 12.1 Å². The van der Waals surface area contributed by atoms with Crippen molar-refractivity contribution in [1.29, 1.82) is 0 Å². The highest BCUT2D eigenvalue weighted by molar-refractivity contribution is 5.90. The van der Waals surface area contributed by atoms with Gasteiger partial charge in [-0.2, -0.15) is 0 Å². The largest absolute Gasteiger partial charge is 0.475 e. The number of aromatic carboxylic acids is 1. The van der Waals surface area contributed by atoms with E-state index < -0.39 is 5.97 Å². The van der Waals surface area contributed by atoms with E-state index in [1.165, 1.54) is 0 Å². The summed E-state index contributed by atoms with van der Waals surface area (Å²) >= 11 is 0. The van der Waals surface area contributed by atoms with Crippen LogP contribution in [-0.2, 0) is 0 Å². The number of benzene rings is 1. The van der Waals surface area contributed by atoms with Crippen molar-refractivity contribution in [2.45, 2.75) is 0 Å². The van der Waals surface area contributed by atoms with Gasteiger partial charge in [0.15, 0.2) is 11.5 Å². The molecule has 6 heteroatoms. The van der Waals surface area contributed by atoms with Crippen LogP contribution in [0.3, 0.4) is 0 Å². The maximum absolute atomic E-state index is 10.7. The van der Waals surface area contributed by atoms with Crippen LogP contribution in [0.25, 0.3) is 11.0 Å². The van der Waals surface area contributed by atoms with Gasteiger partial charge in [0, 0.05) is 12.1 Å². The molecule has 1 aliphatic rings. The van der Waals surface area contributed by atoms with E-state index >= 15 is 0 Å². The Morgan fingerprint density at radius 3 is 2.87 bits per heavy atom. The van der Waals surface area contributed by atoms with E-state index in [1.807, 2.05) is 0 Å². The van der Waals surface area contributed by atoms with Gasteiger partial charge in [0.05, 0.1) is 11.0 Å². The summed E-state index contributed by atoms with van der Waals surface area (Å²) in [6, 6.07) is 3.33. The lowest BCUT2D eigenvalue weighted by atomic mass is 10.3. The monoisotopic (exact) mass is 206 g/mol. The van der Waals surface area contributed by atoms with Crippen molar-refractivity contribution in [2.24, 2.45) is 0 Å². The topological polar surface area (TPSA) is 84.4 Å². The number of hydrogen-bond acceptors (Lipinski definition) is 4. The second-order valence-corrected chi connectivity index (χ2v) is 3.11. The molecule has 1 aromatic heterocycles. The van der Waals surface area contributed by atoms with Crippen LogP contribution in [-0.4, -0.2) is 27.8 Å². The van der Waals surface area contributed by atoms with E-state index in [0.29, 0.717) is 22.5 Å². The Bertz CT molecular complexity index is 519. The van der Waals surface area contributed by atoms with Gasteiger partial charge in [0.25, 0.3) is 0 Å². The Hall–Kier alpha value is -2.24. The average molecular weight is 206 g/mol. The van der Waals surface area contributed by atoms with Crippen LogP contribution in [0.5, 0.6) is 11.5 Å². The van der Waals surface area contributed by atoms with E-state index in [4.69, 9.17) is 14.6 Å². The van der Waals surface area contributed by atoms with Crippen molar-refractivity contribution in [3.8, 4) is 11.5 Å². The van der Waals surface area contributed by atoms with Crippen LogP contribution in [0.1, 0.15) is 10.6 Å². The average Bonchev–Trinajstić information content (AvgIpc) is 2.77. The number of carbonyl (C=O) groups is 1. The number of rotatable bonds is 1. The van der Waals surface area contributed by atoms with Gasteiger partial charge in [-0.25, -0.2) is 9.78 Å². The molecule has 0 aliphatic carbocycles. The molecular weight excluding hydrogens is 200 g/mol. The minimum Gasteiger partial charge on any atom is -0.475 e. The molecule has 1 aliphatic heterocycles. The quantitative estimate of drug-likeness (QED) is 0.726. The zero-order valence-corrected chi connectivity index (χ0v) is 7.48. The summed E-state index contributed by atoms with van der Waals surface area (Å²) in [5.74, 6) is 0.0101. The third-order valence-corrected chi connectivity index (χ3v) is 2.18. The molecular formula is C9H6N2O4. The number of nitrogens with zero attached hydrogens (tertiary/aromatic N) is 1. The first-order valence-corrected chi connectivity index (χ1v) is 4.27. The van der Waals surface area contributed by atoms with Crippen molar-refractivity contribution in [3.63, 3.8) is 0 Å². The van der Waals surface area contributed by atoms with Crippen molar-refractivity contribution in [1.82, 2.24) is 9.97 Å². The standard InChI is InChI=1S/C9H6N2O4/c12-9(13)8-10-4-1-6-7(15-3-14-6)2-5(4)11-8/h1-2H,3H2,(H,10,11)(H,12,13). The molecule has 3 rings (SSSR count). The Morgan fingerprint density at radius 1 is 1.40 bits per heavy atom. The normalized spacial score (nSPS) is 13.3. The fourth-order valence-electron chi connectivity index (χ4n) is 1.50. The van der Waals surface area contributed by atoms with Gasteiger partial charge in [-0.05, 0) is 0 Å². The number of aromatic amines is 1. The predicted molar refractivity (Wildman–Crippen MR) is 49.2 cm³/mol. The second kappa shape index (κ2) is 2.63. The van der Waals surface area contributed by atoms with Crippen LogP contribution in [0.2, 0.25) is 0 Å². The summed E-state index contributed by atoms with van der Waals surface area (Å²) < 4.78 is 10.3. The first kappa shape index (κ1) is 8.10. The van der Waals surface area contributed by atoms with E-state index in [-0.39, 0.29) is 12.6 Å². The Balaban J connectivity index is 2.24. The predicted octanol–water partition coefficient (Wildman–Crippen LogP) is 0.990. The first-order chi connectivity index (χ1) is 7.24. The Labute approximate surface area is 83.4 Å². The number of aromatic nitrogens is 2. The van der Waals surface area contributed by atoms with Crippen LogP contribution in [0, 0.1) is 0 Å². The van der Waals surface area contributed by atoms with E-state index in [0.717, 1.165) is 0 Å². The summed E-state index contributed by atoms with van der Waals surface area (Å²) in [4.78, 5) is 17.2. The van der Waals surface area contributed by atoms with Gasteiger partial charge in [-0.3, -0.25) is 0 Å². The number of ether oxygens (including phenoxy) is 2. The number of hydrogen-bond donors (Lipinski definition) is 2. The molecule has 0 saturated heterocycles. The summed E-state index contributed by atoms with van der Waals surface area (Å²) in [7, 11) is 0. The van der Waals surface area contributed by atoms with Crippen LogP contribution >= 0.6 is 0 Å². The van der Waals surface area contributed by atoms with Gasteiger partial charge in [0.2, 0.25) is 12.6 Å². The molecule has 0 unspecified atom stereocenters. The fraction of sp³-hybridized carbons (Fsp3) is 0.111. The lowest BCUT2D eigenvalue weighted by molar-refractivity contribution is 0.0685. The van der Waals surface area contributed by atoms with Crippen molar-refractivity contribution >= 4 is 17.0 Å². The van der Waals surface area contributed by atoms with Gasteiger partial charge in [0.1, 0.15) is 0 Å². The smallest absolute Gasteiger partial charge is 0.371 e. The van der Waals surface area contributed by atoms with E-state index in [2.05, 4.69) is 9.97 Å². The molecule has 0 radical (unpaired) electrons. The maximum Gasteiger partial charge on any atom is 0.371 e. The van der Waals surface area contributed by atoms with Crippen molar-refractivity contribution in [2.75, 3.05) is 6.79 Å². The first-order valence-electron chi connectivity index (χ1n) is 4.27. The fourth-order valence-corrected chi connectivity index (χ4v) is 1.50. The number of H-pyrrole nitrogens is 1. The minimum atomic E-state index is -1.09. The third kappa shape index (κ3) is 1.11. The highest BCUT2D eigenvalue weighted by Crippen LogP contribution is 2.35. The molecule has 2 aromatic rings. The van der Waals surface area contributed by atoms with Crippen molar-refractivity contribution in [3.05, 3.63) is 18.0 Å². The molecule has 0 fully saturated rings. The van der Waals surface area contributed by atoms with Gasteiger partial charge < -0.3 is 19.6 Å². The molecule has 2 N–H and O–H groups in total. The second-order valence-electron chi connectivity index (χ2n) is 3.11. The maximum atomic E-state index is 10.7. The molecule has 0 spiro atoms. The summed E-state index contributed by atoms with van der Waals surface area (Å²) in [5, 5.41) is 8.74. The Morgan fingerprint density at radius 2 is 2.13 bits per heavy atom. The molecule has 15 heavy (non-hydrogen) atoms. The molecule has 0 amide bonds. The summed E-state index contributed by atoms with van der Waals surface area (Å²) in [6.45, 7) is 0.188. The molecule has 0 bridgehead atoms. The SMILES string of the molecule is O=C(O)c1nc2cc3c(cc2[nH]1)OCO3. The van der Waals surface area contributed by atoms with Gasteiger partial charge in [-0.15, -0.1) is 0 Å². The van der Waals surface area contributed by atoms with Crippen LogP contribution in [0.4, 0.5) is 0 Å². The molecule has 0 atom stereocenters. The number of fused-ring (bicyclic) bond motifs is 2. The number of carboxylic acid groups (broad SMARTS) is 1. The number of carboxylic acids is 1. The molecule has 76 valence electrons. The number of imidazole rings is 1. The third-order valence-electron chi connectivity index (χ3n) is 2.18. The minimum absolute atomic E-state index is 0.0892. The highest BCUT2D eigenvalue weighted by atomic mass is 16.7. The number of nitrogens with one attached hydrogen (secondary N) is 1. The lowest BCUT2D eigenvalue weighted by Gasteiger charge is -1.93. The summed E-state index contributed by atoms with van der Waals surface area (Å²) in [6.07, 6.45) is 0. The van der Waals surface area contributed by atoms with Crippen LogP contribution in [0.15, 0.2) is 12.1 Å². The Kier molecular flexibility index (Phi) is 1.42. The van der Waals surface area contributed by atoms with E-state index in [9.17, 15) is 4.79 Å². The van der Waals surface area contributed by atoms with Crippen molar-refractivity contribution < 1.29 is 19.4 Å². The highest BCUT2D eigenvalue weighted by Gasteiger charge is 2.17. The lowest BCUT2D eigenvalue weighted by Crippen LogP contribution is -1.97. The van der Waals surface area contributed by atoms with Gasteiger partial charge in [-0.1, -0.05) is 0 Å². The molecule has 6 nitrogen and oxygen atoms in total. The summed E-state index contributed by atoms with van der Waals surface area (Å²) in [5.41, 5.74) is 1.17. The molecule has 0 saturated carbocycles. The van der Waals surface area contributed by atoms with Crippen LogP contribution < -0.4 is 9.47 Å². The zero-order chi connectivity index (χ0) is 10.4. The molecule has 2 heterocycles. The zero-order valence-electron chi connectivity index (χ0n) is 7.48. The van der Waals surface area contributed by atoms with Gasteiger partial charge >= 0.3 is 5.97 Å². The molecule has 1 aromatic carbocycles.